The summed E-state index contributed by atoms with van der Waals surface area (Å²) in [6.45, 7) is 13.5. The van der Waals surface area contributed by atoms with Crippen LogP contribution in [0.15, 0.2) is 61.2 Å². The van der Waals surface area contributed by atoms with Gasteiger partial charge in [0.05, 0.1) is 5.52 Å². The molecule has 2 heterocycles. The monoisotopic (exact) mass is 417 g/mol. The molecular formula is C26H31N3O2. The summed E-state index contributed by atoms with van der Waals surface area (Å²) in [4.78, 5) is 17.9. The average molecular weight is 418 g/mol. The van der Waals surface area contributed by atoms with Crippen molar-refractivity contribution in [2.45, 2.75) is 20.4 Å². The second-order valence-corrected chi connectivity index (χ2v) is 8.12. The Morgan fingerprint density at radius 3 is 2.52 bits per heavy atom. The second-order valence-electron chi connectivity index (χ2n) is 8.12. The molecule has 0 saturated carbocycles. The maximum Gasteiger partial charge on any atom is 0.270 e. The molecule has 0 spiro atoms. The third-order valence-electron chi connectivity index (χ3n) is 6.05. The topological polar surface area (TPSA) is 37.7 Å². The van der Waals surface area contributed by atoms with E-state index in [0.717, 1.165) is 55.1 Å². The minimum atomic E-state index is 0.0914. The highest BCUT2D eigenvalue weighted by Gasteiger charge is 2.25. The van der Waals surface area contributed by atoms with Crippen LogP contribution in [0.4, 0.5) is 0 Å². The van der Waals surface area contributed by atoms with Crippen LogP contribution in [0.2, 0.25) is 0 Å². The summed E-state index contributed by atoms with van der Waals surface area (Å²) in [5.74, 6) is 0.874. The van der Waals surface area contributed by atoms with Crippen molar-refractivity contribution in [1.29, 1.82) is 0 Å². The van der Waals surface area contributed by atoms with E-state index in [0.29, 0.717) is 13.2 Å². The lowest BCUT2D eigenvalue weighted by atomic mass is 10.1. The first kappa shape index (κ1) is 21.2. The van der Waals surface area contributed by atoms with E-state index in [4.69, 9.17) is 4.74 Å². The van der Waals surface area contributed by atoms with Crippen LogP contribution in [-0.2, 0) is 6.54 Å². The van der Waals surface area contributed by atoms with E-state index in [1.165, 1.54) is 11.1 Å². The Morgan fingerprint density at radius 2 is 1.84 bits per heavy atom. The van der Waals surface area contributed by atoms with Crippen molar-refractivity contribution >= 4 is 16.8 Å². The van der Waals surface area contributed by atoms with Crippen LogP contribution in [0.1, 0.15) is 28.5 Å². The zero-order valence-corrected chi connectivity index (χ0v) is 18.5. The third kappa shape index (κ3) is 4.52. The number of carbonyl (C=O) groups excluding carboxylic acids is 1. The number of aryl methyl sites for hydroxylation is 1. The molecular weight excluding hydrogens is 386 g/mol. The summed E-state index contributed by atoms with van der Waals surface area (Å²) in [5.41, 5.74) is 4.13. The van der Waals surface area contributed by atoms with Crippen molar-refractivity contribution in [3.63, 3.8) is 0 Å². The normalized spacial score (nSPS) is 14.7. The quantitative estimate of drug-likeness (QED) is 0.537. The fourth-order valence-electron chi connectivity index (χ4n) is 4.18. The van der Waals surface area contributed by atoms with Gasteiger partial charge in [0, 0.05) is 38.1 Å². The Morgan fingerprint density at radius 1 is 1.10 bits per heavy atom. The number of ether oxygens (including phenoxy) is 1. The van der Waals surface area contributed by atoms with Crippen molar-refractivity contribution in [2.24, 2.45) is 0 Å². The van der Waals surface area contributed by atoms with E-state index in [2.05, 4.69) is 60.2 Å². The van der Waals surface area contributed by atoms with Gasteiger partial charge >= 0.3 is 0 Å². The lowest BCUT2D eigenvalue weighted by Crippen LogP contribution is -2.48. The predicted octanol–water partition coefficient (Wildman–Crippen LogP) is 4.34. The van der Waals surface area contributed by atoms with Crippen LogP contribution in [0.25, 0.3) is 10.9 Å². The molecule has 4 rings (SSSR count). The molecule has 1 aliphatic heterocycles. The number of piperazine rings is 1. The first-order valence-corrected chi connectivity index (χ1v) is 11.0. The first-order valence-electron chi connectivity index (χ1n) is 11.0. The number of fused-ring (bicyclic) bond motifs is 1. The molecule has 1 fully saturated rings. The SMILES string of the molecule is C=CCOc1cccc2c1cc(C(=O)N1CCN(CC)CC1)n2Cc1ccc(C)cc1. The van der Waals surface area contributed by atoms with E-state index in [1.54, 1.807) is 6.08 Å². The number of nitrogens with zero attached hydrogens (tertiary/aromatic N) is 3. The number of likely N-dealkylation sites (N-methyl/N-ethyl adjacent to an activating group) is 1. The summed E-state index contributed by atoms with van der Waals surface area (Å²) in [5, 5.41) is 0.965. The number of hydrogen-bond donors (Lipinski definition) is 0. The van der Waals surface area contributed by atoms with Crippen molar-refractivity contribution in [3.05, 3.63) is 78.0 Å². The van der Waals surface area contributed by atoms with E-state index in [9.17, 15) is 4.79 Å². The molecule has 5 nitrogen and oxygen atoms in total. The smallest absolute Gasteiger partial charge is 0.270 e. The molecule has 1 amide bonds. The van der Waals surface area contributed by atoms with Crippen molar-refractivity contribution in [2.75, 3.05) is 39.3 Å². The van der Waals surface area contributed by atoms with Gasteiger partial charge in [-0.15, -0.1) is 0 Å². The van der Waals surface area contributed by atoms with Crippen LogP contribution in [-0.4, -0.2) is 59.6 Å². The van der Waals surface area contributed by atoms with Crippen molar-refractivity contribution < 1.29 is 9.53 Å². The standard InChI is InChI=1S/C26H31N3O2/c1-4-17-31-25-8-6-7-23-22(25)18-24(26(30)28-15-13-27(5-2)14-16-28)29(23)19-21-11-9-20(3)10-12-21/h4,6-12,18H,1,5,13-17,19H2,2-3H3. The number of carbonyl (C=O) groups is 1. The highest BCUT2D eigenvalue weighted by molar-refractivity contribution is 6.00. The van der Waals surface area contributed by atoms with Crippen LogP contribution < -0.4 is 4.74 Å². The highest BCUT2D eigenvalue weighted by atomic mass is 16.5. The third-order valence-corrected chi connectivity index (χ3v) is 6.05. The molecule has 1 aromatic heterocycles. The van der Waals surface area contributed by atoms with Gasteiger partial charge in [-0.25, -0.2) is 0 Å². The minimum absolute atomic E-state index is 0.0914. The molecule has 5 heteroatoms. The number of hydrogen-bond acceptors (Lipinski definition) is 3. The largest absolute Gasteiger partial charge is 0.489 e. The Hall–Kier alpha value is -3.05. The number of benzene rings is 2. The molecule has 1 aliphatic rings. The lowest BCUT2D eigenvalue weighted by Gasteiger charge is -2.34. The number of amides is 1. The maximum absolute atomic E-state index is 13.6. The Kier molecular flexibility index (Phi) is 6.42. The Balaban J connectivity index is 1.73. The summed E-state index contributed by atoms with van der Waals surface area (Å²) in [7, 11) is 0. The molecule has 0 bridgehead atoms. The molecule has 0 atom stereocenters. The molecule has 3 aromatic rings. The van der Waals surface area contributed by atoms with E-state index < -0.39 is 0 Å². The van der Waals surface area contributed by atoms with E-state index >= 15 is 0 Å². The van der Waals surface area contributed by atoms with Gasteiger partial charge in [0.2, 0.25) is 0 Å². The molecule has 0 radical (unpaired) electrons. The Bertz CT molecular complexity index is 1060. The summed E-state index contributed by atoms with van der Waals surface area (Å²) >= 11 is 0. The maximum atomic E-state index is 13.6. The first-order chi connectivity index (χ1) is 15.1. The van der Waals surface area contributed by atoms with Crippen LogP contribution in [0, 0.1) is 6.92 Å². The average Bonchev–Trinajstić information content (AvgIpc) is 3.17. The molecule has 2 aromatic carbocycles. The number of rotatable bonds is 7. The predicted molar refractivity (Wildman–Crippen MR) is 126 cm³/mol. The molecule has 0 aliphatic carbocycles. The summed E-state index contributed by atoms with van der Waals surface area (Å²) in [6.07, 6.45) is 1.74. The van der Waals surface area contributed by atoms with Gasteiger partial charge in [-0.05, 0) is 37.2 Å². The van der Waals surface area contributed by atoms with Gasteiger partial charge in [0.15, 0.2) is 0 Å². The molecule has 31 heavy (non-hydrogen) atoms. The molecule has 0 N–H and O–H groups in total. The van der Waals surface area contributed by atoms with Gasteiger partial charge in [0.1, 0.15) is 18.1 Å². The van der Waals surface area contributed by atoms with Crippen LogP contribution in [0.3, 0.4) is 0 Å². The van der Waals surface area contributed by atoms with Gasteiger partial charge in [-0.3, -0.25) is 4.79 Å². The highest BCUT2D eigenvalue weighted by Crippen LogP contribution is 2.30. The minimum Gasteiger partial charge on any atom is -0.489 e. The van der Waals surface area contributed by atoms with Gasteiger partial charge in [-0.1, -0.05) is 55.5 Å². The summed E-state index contributed by atoms with van der Waals surface area (Å²) in [6, 6.07) is 16.5. The fraction of sp³-hybridized carbons (Fsp3) is 0.346. The van der Waals surface area contributed by atoms with Gasteiger partial charge in [-0.2, -0.15) is 0 Å². The molecule has 162 valence electrons. The lowest BCUT2D eigenvalue weighted by molar-refractivity contribution is 0.0633. The Labute approximate surface area is 184 Å². The van der Waals surface area contributed by atoms with E-state index in [-0.39, 0.29) is 5.91 Å². The summed E-state index contributed by atoms with van der Waals surface area (Å²) < 4.78 is 8.03. The second kappa shape index (κ2) is 9.40. The molecule has 0 unspecified atom stereocenters. The molecule has 1 saturated heterocycles. The van der Waals surface area contributed by atoms with E-state index in [1.807, 2.05) is 23.1 Å². The van der Waals surface area contributed by atoms with Crippen LogP contribution in [0.5, 0.6) is 5.75 Å². The van der Waals surface area contributed by atoms with Crippen LogP contribution >= 0.6 is 0 Å². The van der Waals surface area contributed by atoms with Crippen molar-refractivity contribution in [3.8, 4) is 5.75 Å². The van der Waals surface area contributed by atoms with Gasteiger partial charge in [0.25, 0.3) is 5.91 Å². The zero-order chi connectivity index (χ0) is 21.8. The van der Waals surface area contributed by atoms with Gasteiger partial charge < -0.3 is 19.1 Å². The fourth-order valence-corrected chi connectivity index (χ4v) is 4.18. The zero-order valence-electron chi connectivity index (χ0n) is 18.5. The number of aromatic nitrogens is 1. The van der Waals surface area contributed by atoms with Crippen molar-refractivity contribution in [1.82, 2.24) is 14.4 Å².